The van der Waals surface area contributed by atoms with Crippen LogP contribution in [0.1, 0.15) is 31.9 Å². The molecule has 0 saturated heterocycles. The molecule has 1 rings (SSSR count). The lowest BCUT2D eigenvalue weighted by molar-refractivity contribution is -0.117. The lowest BCUT2D eigenvalue weighted by Crippen LogP contribution is -2.32. The van der Waals surface area contributed by atoms with Crippen LogP contribution in [0.3, 0.4) is 0 Å². The van der Waals surface area contributed by atoms with E-state index in [1.807, 2.05) is 39.0 Å². The maximum atomic E-state index is 12.1. The molecule has 0 atom stereocenters. The van der Waals surface area contributed by atoms with E-state index >= 15 is 0 Å². The summed E-state index contributed by atoms with van der Waals surface area (Å²) in [7, 11) is 0. The van der Waals surface area contributed by atoms with Gasteiger partial charge in [-0.25, -0.2) is 0 Å². The molecule has 0 aliphatic heterocycles. The molecular formula is C16H25N3O2. The van der Waals surface area contributed by atoms with Gasteiger partial charge in [-0.15, -0.1) is 0 Å². The number of anilines is 1. The highest BCUT2D eigenvalue weighted by Crippen LogP contribution is 2.23. The first kappa shape index (κ1) is 16.9. The van der Waals surface area contributed by atoms with Gasteiger partial charge >= 0.3 is 0 Å². The Hall–Kier alpha value is -2.17. The van der Waals surface area contributed by atoms with Crippen LogP contribution in [0.15, 0.2) is 29.8 Å². The third-order valence-corrected chi connectivity index (χ3v) is 3.14. The summed E-state index contributed by atoms with van der Waals surface area (Å²) in [5.74, 6) is -0.477. The van der Waals surface area contributed by atoms with Crippen molar-refractivity contribution < 1.29 is 9.90 Å². The van der Waals surface area contributed by atoms with Gasteiger partial charge in [0.05, 0.1) is 0 Å². The normalized spacial score (nSPS) is 11.6. The molecular weight excluding hydrogens is 266 g/mol. The van der Waals surface area contributed by atoms with Crippen molar-refractivity contribution in [3.63, 3.8) is 0 Å². The lowest BCUT2D eigenvalue weighted by Gasteiger charge is -2.17. The number of amides is 1. The van der Waals surface area contributed by atoms with Gasteiger partial charge in [0.15, 0.2) is 5.70 Å². The highest BCUT2D eigenvalue weighted by molar-refractivity contribution is 5.97. The lowest BCUT2D eigenvalue weighted by atomic mass is 10.1. The zero-order valence-electron chi connectivity index (χ0n) is 13.2. The van der Waals surface area contributed by atoms with Crippen molar-refractivity contribution in [2.75, 3.05) is 18.4 Å². The minimum absolute atomic E-state index is 0.141. The van der Waals surface area contributed by atoms with E-state index < -0.39 is 0 Å². The van der Waals surface area contributed by atoms with Gasteiger partial charge in [-0.05, 0) is 38.3 Å². The number of hydrogen-bond acceptors (Lipinski definition) is 4. The standard InChI is InChI=1S/C16H25N3O2/c1-5-12-10-8-9-11(4)13(12)19-14(15(20)17-6-2)16(21)18-7-3/h8-10,17,19-20H,5-7H2,1-4H3,(H,18,21). The zero-order chi connectivity index (χ0) is 15.8. The second-order valence-corrected chi connectivity index (χ2v) is 4.70. The number of para-hydroxylation sites is 1. The molecule has 0 aromatic heterocycles. The Labute approximate surface area is 126 Å². The minimum Gasteiger partial charge on any atom is -0.493 e. The number of nitrogens with one attached hydrogen (secondary N) is 3. The fourth-order valence-corrected chi connectivity index (χ4v) is 2.06. The highest BCUT2D eigenvalue weighted by Gasteiger charge is 2.17. The smallest absolute Gasteiger partial charge is 0.273 e. The Kier molecular flexibility index (Phi) is 6.59. The van der Waals surface area contributed by atoms with Gasteiger partial charge in [0.1, 0.15) is 0 Å². The summed E-state index contributed by atoms with van der Waals surface area (Å²) < 4.78 is 0. The Morgan fingerprint density at radius 1 is 1.14 bits per heavy atom. The fourth-order valence-electron chi connectivity index (χ4n) is 2.06. The molecule has 21 heavy (non-hydrogen) atoms. The molecule has 0 bridgehead atoms. The Morgan fingerprint density at radius 2 is 1.81 bits per heavy atom. The number of likely N-dealkylation sites (N-methyl/N-ethyl adjacent to an activating group) is 1. The first-order chi connectivity index (χ1) is 10.0. The van der Waals surface area contributed by atoms with Crippen LogP contribution in [0.25, 0.3) is 0 Å². The minimum atomic E-state index is -0.332. The summed E-state index contributed by atoms with van der Waals surface area (Å²) in [5.41, 5.74) is 3.13. The van der Waals surface area contributed by atoms with Gasteiger partial charge in [-0.1, -0.05) is 25.1 Å². The first-order valence-electron chi connectivity index (χ1n) is 7.35. The van der Waals surface area contributed by atoms with Crippen LogP contribution in [-0.2, 0) is 11.2 Å². The van der Waals surface area contributed by atoms with E-state index in [9.17, 15) is 9.90 Å². The van der Waals surface area contributed by atoms with Crippen LogP contribution in [-0.4, -0.2) is 24.1 Å². The number of rotatable bonds is 7. The Balaban J connectivity index is 3.19. The maximum absolute atomic E-state index is 12.1. The topological polar surface area (TPSA) is 73.4 Å². The van der Waals surface area contributed by atoms with Crippen LogP contribution in [0.2, 0.25) is 0 Å². The predicted molar refractivity (Wildman–Crippen MR) is 86.2 cm³/mol. The predicted octanol–water partition coefficient (Wildman–Crippen LogP) is 2.44. The van der Waals surface area contributed by atoms with Crippen molar-refractivity contribution in [3.8, 4) is 0 Å². The molecule has 0 unspecified atom stereocenters. The molecule has 0 spiro atoms. The molecule has 1 amide bonds. The van der Waals surface area contributed by atoms with Gasteiger partial charge in [-0.2, -0.15) is 0 Å². The largest absolute Gasteiger partial charge is 0.493 e. The van der Waals surface area contributed by atoms with E-state index in [1.165, 1.54) is 0 Å². The number of aliphatic hydroxyl groups excluding tert-OH is 1. The van der Waals surface area contributed by atoms with Gasteiger partial charge in [0.2, 0.25) is 5.88 Å². The molecule has 116 valence electrons. The number of carbonyl (C=O) groups excluding carboxylic acids is 1. The van der Waals surface area contributed by atoms with Crippen LogP contribution >= 0.6 is 0 Å². The van der Waals surface area contributed by atoms with Crippen LogP contribution in [0.4, 0.5) is 5.69 Å². The number of carbonyl (C=O) groups is 1. The molecule has 1 aromatic rings. The summed E-state index contributed by atoms with van der Waals surface area (Å²) in [5, 5.41) is 18.6. The summed E-state index contributed by atoms with van der Waals surface area (Å²) in [4.78, 5) is 12.1. The molecule has 0 fully saturated rings. The second-order valence-electron chi connectivity index (χ2n) is 4.70. The molecule has 5 nitrogen and oxygen atoms in total. The Morgan fingerprint density at radius 3 is 2.38 bits per heavy atom. The van der Waals surface area contributed by atoms with Gasteiger partial charge < -0.3 is 21.1 Å². The van der Waals surface area contributed by atoms with Crippen molar-refractivity contribution in [2.45, 2.75) is 34.1 Å². The zero-order valence-corrected chi connectivity index (χ0v) is 13.2. The quantitative estimate of drug-likeness (QED) is 0.460. The van der Waals surface area contributed by atoms with E-state index in [0.717, 1.165) is 23.2 Å². The van der Waals surface area contributed by atoms with Crippen LogP contribution < -0.4 is 16.0 Å². The summed E-state index contributed by atoms with van der Waals surface area (Å²) in [6.45, 7) is 8.76. The van der Waals surface area contributed by atoms with Gasteiger partial charge in [0, 0.05) is 18.8 Å². The van der Waals surface area contributed by atoms with E-state index in [4.69, 9.17) is 0 Å². The molecule has 0 aliphatic rings. The molecule has 5 heteroatoms. The number of hydrogen-bond donors (Lipinski definition) is 4. The van der Waals surface area contributed by atoms with Crippen molar-refractivity contribution >= 4 is 11.6 Å². The monoisotopic (exact) mass is 291 g/mol. The third-order valence-electron chi connectivity index (χ3n) is 3.14. The highest BCUT2D eigenvalue weighted by atomic mass is 16.3. The average Bonchev–Trinajstić information content (AvgIpc) is 2.46. The SMILES string of the molecule is CCNC(=O)C(Nc1c(C)cccc1CC)=C(O)NCC. The van der Waals surface area contributed by atoms with Crippen molar-refractivity contribution in [2.24, 2.45) is 0 Å². The molecule has 1 aromatic carbocycles. The average molecular weight is 291 g/mol. The first-order valence-corrected chi connectivity index (χ1v) is 7.35. The Bertz CT molecular complexity index is 524. The molecule has 0 heterocycles. The van der Waals surface area contributed by atoms with Crippen LogP contribution in [0.5, 0.6) is 0 Å². The molecule has 0 saturated carbocycles. The van der Waals surface area contributed by atoms with E-state index in [2.05, 4.69) is 22.9 Å². The van der Waals surface area contributed by atoms with Gasteiger partial charge in [0.25, 0.3) is 5.91 Å². The summed E-state index contributed by atoms with van der Waals surface area (Å²) in [6, 6.07) is 5.97. The molecule has 0 radical (unpaired) electrons. The summed E-state index contributed by atoms with van der Waals surface area (Å²) in [6.07, 6.45) is 0.842. The van der Waals surface area contributed by atoms with E-state index in [1.54, 1.807) is 0 Å². The number of aryl methyl sites for hydroxylation is 2. The molecule has 4 N–H and O–H groups in total. The van der Waals surface area contributed by atoms with Crippen molar-refractivity contribution in [3.05, 3.63) is 40.9 Å². The number of benzene rings is 1. The second kappa shape index (κ2) is 8.19. The van der Waals surface area contributed by atoms with Gasteiger partial charge in [-0.3, -0.25) is 4.79 Å². The van der Waals surface area contributed by atoms with E-state index in [0.29, 0.717) is 13.1 Å². The van der Waals surface area contributed by atoms with E-state index in [-0.39, 0.29) is 17.5 Å². The maximum Gasteiger partial charge on any atom is 0.273 e. The number of aliphatic hydroxyl groups is 1. The fraction of sp³-hybridized carbons (Fsp3) is 0.438. The summed E-state index contributed by atoms with van der Waals surface area (Å²) >= 11 is 0. The van der Waals surface area contributed by atoms with Crippen LogP contribution in [0, 0.1) is 6.92 Å². The third kappa shape index (κ3) is 4.41. The van der Waals surface area contributed by atoms with Crippen molar-refractivity contribution in [1.82, 2.24) is 10.6 Å². The van der Waals surface area contributed by atoms with Crippen molar-refractivity contribution in [1.29, 1.82) is 0 Å². The molecule has 0 aliphatic carbocycles.